The third-order valence-electron chi connectivity index (χ3n) is 4.20. The number of halogens is 1. The van der Waals surface area contributed by atoms with E-state index in [9.17, 15) is 4.39 Å². The molecule has 2 rings (SSSR count). The van der Waals surface area contributed by atoms with Crippen LogP contribution < -0.4 is 5.32 Å². The summed E-state index contributed by atoms with van der Waals surface area (Å²) in [5.41, 5.74) is 6.21. The molecule has 0 bridgehead atoms. The first-order valence-corrected chi connectivity index (χ1v) is 7.47. The van der Waals surface area contributed by atoms with Crippen molar-refractivity contribution in [3.05, 3.63) is 70.0 Å². The Morgan fingerprint density at radius 3 is 2.19 bits per heavy atom. The number of rotatable bonds is 4. The summed E-state index contributed by atoms with van der Waals surface area (Å²) in [7, 11) is 0. The summed E-state index contributed by atoms with van der Waals surface area (Å²) in [4.78, 5) is 0. The molecule has 0 aliphatic heterocycles. The average molecular weight is 285 g/mol. The van der Waals surface area contributed by atoms with Crippen LogP contribution in [0, 0.1) is 26.6 Å². The Labute approximate surface area is 127 Å². The van der Waals surface area contributed by atoms with E-state index in [-0.39, 0.29) is 17.9 Å². The van der Waals surface area contributed by atoms with Crippen LogP contribution in [-0.4, -0.2) is 0 Å². The van der Waals surface area contributed by atoms with Crippen molar-refractivity contribution in [2.75, 3.05) is 0 Å². The van der Waals surface area contributed by atoms with Gasteiger partial charge >= 0.3 is 0 Å². The highest BCUT2D eigenvalue weighted by Gasteiger charge is 2.14. The van der Waals surface area contributed by atoms with Gasteiger partial charge in [-0.25, -0.2) is 4.39 Å². The van der Waals surface area contributed by atoms with Crippen LogP contribution in [0.3, 0.4) is 0 Å². The number of hydrogen-bond acceptors (Lipinski definition) is 1. The van der Waals surface area contributed by atoms with Gasteiger partial charge in [0.25, 0.3) is 0 Å². The maximum absolute atomic E-state index is 13.3. The molecule has 112 valence electrons. The summed E-state index contributed by atoms with van der Waals surface area (Å²) in [6, 6.07) is 11.6. The molecule has 1 N–H and O–H groups in total. The minimum absolute atomic E-state index is 0.108. The van der Waals surface area contributed by atoms with Gasteiger partial charge in [0.2, 0.25) is 0 Å². The van der Waals surface area contributed by atoms with Crippen molar-refractivity contribution in [2.45, 2.75) is 46.7 Å². The van der Waals surface area contributed by atoms with Gasteiger partial charge in [-0.3, -0.25) is 0 Å². The van der Waals surface area contributed by atoms with Crippen molar-refractivity contribution in [3.8, 4) is 0 Å². The minimum Gasteiger partial charge on any atom is -0.304 e. The Kier molecular flexibility index (Phi) is 4.79. The van der Waals surface area contributed by atoms with Crippen LogP contribution in [0.4, 0.5) is 4.39 Å². The molecule has 1 nitrogen and oxygen atoms in total. The van der Waals surface area contributed by atoms with Crippen molar-refractivity contribution in [2.24, 2.45) is 0 Å². The first-order valence-electron chi connectivity index (χ1n) is 7.47. The molecule has 2 aromatic carbocycles. The molecule has 0 spiro atoms. The Bertz CT molecular complexity index is 633. The SMILES string of the molecule is Cc1cc(C)c(C(C)N[C@@H](C)c2cccc(F)c2)cc1C. The van der Waals surface area contributed by atoms with E-state index in [1.165, 1.54) is 28.3 Å². The van der Waals surface area contributed by atoms with E-state index in [1.807, 2.05) is 6.07 Å². The van der Waals surface area contributed by atoms with Gasteiger partial charge in [0, 0.05) is 12.1 Å². The van der Waals surface area contributed by atoms with E-state index < -0.39 is 0 Å². The minimum atomic E-state index is -0.184. The topological polar surface area (TPSA) is 12.0 Å². The van der Waals surface area contributed by atoms with Crippen LogP contribution in [-0.2, 0) is 0 Å². The van der Waals surface area contributed by atoms with Crippen molar-refractivity contribution in [1.82, 2.24) is 5.32 Å². The molecule has 0 aromatic heterocycles. The molecular formula is C19H24FN. The van der Waals surface area contributed by atoms with Gasteiger partial charge in [-0.15, -0.1) is 0 Å². The second kappa shape index (κ2) is 6.40. The molecule has 0 fully saturated rings. The highest BCUT2D eigenvalue weighted by Crippen LogP contribution is 2.24. The zero-order valence-electron chi connectivity index (χ0n) is 13.5. The van der Waals surface area contributed by atoms with Gasteiger partial charge in [-0.05, 0) is 74.6 Å². The summed E-state index contributed by atoms with van der Waals surface area (Å²) in [5, 5.41) is 3.56. The third kappa shape index (κ3) is 3.70. The van der Waals surface area contributed by atoms with E-state index in [1.54, 1.807) is 12.1 Å². The van der Waals surface area contributed by atoms with Crippen molar-refractivity contribution >= 4 is 0 Å². The molecule has 0 aliphatic carbocycles. The van der Waals surface area contributed by atoms with Crippen LogP contribution in [0.5, 0.6) is 0 Å². The lowest BCUT2D eigenvalue weighted by Crippen LogP contribution is -2.23. The van der Waals surface area contributed by atoms with Crippen molar-refractivity contribution < 1.29 is 4.39 Å². The Morgan fingerprint density at radius 1 is 0.857 bits per heavy atom. The van der Waals surface area contributed by atoms with Crippen molar-refractivity contribution in [3.63, 3.8) is 0 Å². The number of aryl methyl sites for hydroxylation is 3. The molecule has 21 heavy (non-hydrogen) atoms. The van der Waals surface area contributed by atoms with Crippen LogP contribution in [0.2, 0.25) is 0 Å². The quantitative estimate of drug-likeness (QED) is 0.818. The second-order valence-corrected chi connectivity index (χ2v) is 5.96. The lowest BCUT2D eigenvalue weighted by Gasteiger charge is -2.23. The first-order chi connectivity index (χ1) is 9.88. The zero-order chi connectivity index (χ0) is 15.6. The number of hydrogen-bond donors (Lipinski definition) is 1. The summed E-state index contributed by atoms with van der Waals surface area (Å²) in [6.45, 7) is 10.7. The molecule has 1 unspecified atom stereocenters. The fourth-order valence-electron chi connectivity index (χ4n) is 2.79. The maximum Gasteiger partial charge on any atom is 0.123 e. The first kappa shape index (κ1) is 15.7. The van der Waals surface area contributed by atoms with Crippen LogP contribution in [0.1, 0.15) is 53.7 Å². The van der Waals surface area contributed by atoms with Gasteiger partial charge in [0.1, 0.15) is 5.82 Å². The highest BCUT2D eigenvalue weighted by molar-refractivity contribution is 5.38. The lowest BCUT2D eigenvalue weighted by molar-refractivity contribution is 0.490. The average Bonchev–Trinajstić information content (AvgIpc) is 2.42. The summed E-state index contributed by atoms with van der Waals surface area (Å²) in [6.07, 6.45) is 0. The molecule has 0 saturated heterocycles. The summed E-state index contributed by atoms with van der Waals surface area (Å²) in [5.74, 6) is -0.184. The molecule has 2 atom stereocenters. The van der Waals surface area contributed by atoms with Crippen LogP contribution in [0.25, 0.3) is 0 Å². The monoisotopic (exact) mass is 285 g/mol. The summed E-state index contributed by atoms with van der Waals surface area (Å²) >= 11 is 0. The van der Waals surface area contributed by atoms with Gasteiger partial charge in [-0.2, -0.15) is 0 Å². The normalized spacial score (nSPS) is 14.0. The van der Waals surface area contributed by atoms with Gasteiger partial charge in [0.05, 0.1) is 0 Å². The predicted octanol–water partition coefficient (Wildman–Crippen LogP) is 5.16. The Morgan fingerprint density at radius 2 is 1.52 bits per heavy atom. The highest BCUT2D eigenvalue weighted by atomic mass is 19.1. The molecule has 0 amide bonds. The van der Waals surface area contributed by atoms with E-state index >= 15 is 0 Å². The smallest absolute Gasteiger partial charge is 0.123 e. The predicted molar refractivity (Wildman–Crippen MR) is 87.0 cm³/mol. The van der Waals surface area contributed by atoms with E-state index in [2.05, 4.69) is 52.1 Å². The molecule has 0 heterocycles. The van der Waals surface area contributed by atoms with E-state index in [4.69, 9.17) is 0 Å². The summed E-state index contributed by atoms with van der Waals surface area (Å²) < 4.78 is 13.3. The zero-order valence-corrected chi connectivity index (χ0v) is 13.5. The van der Waals surface area contributed by atoms with Gasteiger partial charge < -0.3 is 5.32 Å². The lowest BCUT2D eigenvalue weighted by atomic mass is 9.95. The molecule has 2 aromatic rings. The standard InChI is InChI=1S/C19H24FN/c1-12-9-14(3)19(10-13(12)2)16(5)21-15(4)17-7-6-8-18(20)11-17/h6-11,15-16,21H,1-5H3/t15-,16?/m0/s1. The third-order valence-corrected chi connectivity index (χ3v) is 4.20. The van der Waals surface area contributed by atoms with Crippen LogP contribution >= 0.6 is 0 Å². The molecule has 0 saturated carbocycles. The molecule has 0 radical (unpaired) electrons. The van der Waals surface area contributed by atoms with Crippen LogP contribution in [0.15, 0.2) is 36.4 Å². The Balaban J connectivity index is 2.18. The van der Waals surface area contributed by atoms with Crippen molar-refractivity contribution in [1.29, 1.82) is 0 Å². The second-order valence-electron chi connectivity index (χ2n) is 5.96. The van der Waals surface area contributed by atoms with Gasteiger partial charge in [0.15, 0.2) is 0 Å². The number of benzene rings is 2. The Hall–Kier alpha value is -1.67. The van der Waals surface area contributed by atoms with E-state index in [0.29, 0.717) is 0 Å². The molecule has 0 aliphatic rings. The van der Waals surface area contributed by atoms with E-state index in [0.717, 1.165) is 5.56 Å². The molecular weight excluding hydrogens is 261 g/mol. The largest absolute Gasteiger partial charge is 0.304 e. The number of nitrogens with one attached hydrogen (secondary N) is 1. The fourth-order valence-corrected chi connectivity index (χ4v) is 2.79. The maximum atomic E-state index is 13.3. The fraction of sp³-hybridized carbons (Fsp3) is 0.368. The van der Waals surface area contributed by atoms with Gasteiger partial charge in [-0.1, -0.05) is 24.3 Å². The molecule has 2 heteroatoms.